The number of fused-ring (bicyclic) bond motifs is 2. The van der Waals surface area contributed by atoms with Crippen LogP contribution in [0.4, 0.5) is 11.4 Å². The van der Waals surface area contributed by atoms with Crippen molar-refractivity contribution in [1.29, 1.82) is 0 Å². The number of primary amides is 1. The number of allylic oxidation sites excluding steroid dienone is 1. The van der Waals surface area contributed by atoms with Crippen molar-refractivity contribution in [3.8, 4) is 5.75 Å². The van der Waals surface area contributed by atoms with E-state index < -0.39 is 21.7 Å². The first-order valence-corrected chi connectivity index (χ1v) is 11.1. The number of aromatic nitrogens is 1. The molecule has 5 N–H and O–H groups in total. The van der Waals surface area contributed by atoms with Crippen molar-refractivity contribution < 1.29 is 23.1 Å². The van der Waals surface area contributed by atoms with Crippen LogP contribution >= 0.6 is 0 Å². The molecule has 10 heteroatoms. The van der Waals surface area contributed by atoms with Gasteiger partial charge in [-0.05, 0) is 29.7 Å². The zero-order valence-electron chi connectivity index (χ0n) is 16.5. The van der Waals surface area contributed by atoms with Crippen molar-refractivity contribution in [2.45, 2.75) is 11.4 Å². The Kier molecular flexibility index (Phi) is 5.57. The van der Waals surface area contributed by atoms with Crippen LogP contribution in [0, 0.1) is 0 Å². The number of aromatic hydroxyl groups is 1. The average molecular weight is 442 g/mol. The van der Waals surface area contributed by atoms with E-state index >= 15 is 0 Å². The number of hydrogen-bond acceptors (Lipinski definition) is 6. The lowest BCUT2D eigenvalue weighted by atomic mass is 10.1. The second-order valence-electron chi connectivity index (χ2n) is 7.05. The molecular formula is C21H22N4O5S. The van der Waals surface area contributed by atoms with E-state index in [1.165, 1.54) is 6.07 Å². The van der Waals surface area contributed by atoms with Crippen LogP contribution in [0.15, 0.2) is 59.6 Å². The molecule has 1 aliphatic heterocycles. The van der Waals surface area contributed by atoms with Gasteiger partial charge < -0.3 is 25.5 Å². The van der Waals surface area contributed by atoms with E-state index in [4.69, 9.17) is 10.5 Å². The Morgan fingerprint density at radius 2 is 2.00 bits per heavy atom. The summed E-state index contributed by atoms with van der Waals surface area (Å²) in [6, 6.07) is 9.42. The zero-order chi connectivity index (χ0) is 22.0. The Morgan fingerprint density at radius 3 is 2.81 bits per heavy atom. The summed E-state index contributed by atoms with van der Waals surface area (Å²) >= 11 is 0. The molecule has 0 radical (unpaired) electrons. The van der Waals surface area contributed by atoms with E-state index in [0.29, 0.717) is 32.0 Å². The summed E-state index contributed by atoms with van der Waals surface area (Å²) in [5.41, 5.74) is 6.37. The van der Waals surface area contributed by atoms with E-state index in [2.05, 4.69) is 10.0 Å². The van der Waals surface area contributed by atoms with Crippen LogP contribution in [0.1, 0.15) is 10.4 Å². The van der Waals surface area contributed by atoms with Crippen LogP contribution in [0.5, 0.6) is 5.75 Å². The first-order valence-electron chi connectivity index (χ1n) is 9.60. The molecule has 0 saturated heterocycles. The number of carbonyl (C=O) groups is 1. The number of carbonyl (C=O) groups excluding carboxylic acids is 1. The van der Waals surface area contributed by atoms with Gasteiger partial charge in [-0.1, -0.05) is 18.2 Å². The lowest BCUT2D eigenvalue weighted by Crippen LogP contribution is -2.19. The number of nitrogens with two attached hydrogens (primary N) is 1. The van der Waals surface area contributed by atoms with E-state index in [1.807, 2.05) is 35.0 Å². The molecule has 9 nitrogen and oxygen atoms in total. The molecule has 0 atom stereocenters. The van der Waals surface area contributed by atoms with E-state index in [1.54, 1.807) is 12.1 Å². The lowest BCUT2D eigenvalue weighted by molar-refractivity contribution is 0.0997. The number of phenols is 1. The molecule has 1 aromatic heterocycles. The molecule has 162 valence electrons. The number of nitrogens with one attached hydrogen (secondary N) is 2. The summed E-state index contributed by atoms with van der Waals surface area (Å²) in [5.74, 6) is -1.34. The predicted octanol–water partition coefficient (Wildman–Crippen LogP) is 2.24. The van der Waals surface area contributed by atoms with Gasteiger partial charge in [0.05, 0.1) is 35.7 Å². The summed E-state index contributed by atoms with van der Waals surface area (Å²) in [6.07, 6.45) is 5.83. The van der Waals surface area contributed by atoms with Crippen molar-refractivity contribution in [2.24, 2.45) is 5.73 Å². The summed E-state index contributed by atoms with van der Waals surface area (Å²) in [6.45, 7) is 1.62. The quantitative estimate of drug-likeness (QED) is 0.427. The van der Waals surface area contributed by atoms with Crippen LogP contribution in [-0.2, 0) is 21.3 Å². The van der Waals surface area contributed by atoms with Gasteiger partial charge in [-0.3, -0.25) is 9.52 Å². The summed E-state index contributed by atoms with van der Waals surface area (Å²) in [7, 11) is -4.11. The normalized spacial score (nSPS) is 17.4. The first kappa shape index (κ1) is 20.8. The van der Waals surface area contributed by atoms with Gasteiger partial charge in [-0.15, -0.1) is 0 Å². The Bertz CT molecular complexity index is 1280. The summed E-state index contributed by atoms with van der Waals surface area (Å²) < 4.78 is 36.5. The predicted molar refractivity (Wildman–Crippen MR) is 118 cm³/mol. The zero-order valence-corrected chi connectivity index (χ0v) is 17.4. The van der Waals surface area contributed by atoms with Crippen molar-refractivity contribution >= 4 is 38.2 Å². The van der Waals surface area contributed by atoms with E-state index in [9.17, 15) is 18.3 Å². The molecule has 0 spiro atoms. The molecule has 1 aliphatic rings. The molecule has 2 heterocycles. The monoisotopic (exact) mass is 442 g/mol. The third-order valence-electron chi connectivity index (χ3n) is 4.92. The number of rotatable bonds is 1. The van der Waals surface area contributed by atoms with Gasteiger partial charge in [0.25, 0.3) is 15.9 Å². The highest BCUT2D eigenvalue weighted by atomic mass is 32.2. The van der Waals surface area contributed by atoms with Crippen LogP contribution < -0.4 is 15.8 Å². The topological polar surface area (TPSA) is 136 Å². The van der Waals surface area contributed by atoms with Gasteiger partial charge in [-0.25, -0.2) is 8.42 Å². The van der Waals surface area contributed by atoms with Gasteiger partial charge in [-0.2, -0.15) is 0 Å². The molecule has 3 aromatic rings. The molecule has 31 heavy (non-hydrogen) atoms. The largest absolute Gasteiger partial charge is 0.507 e. The molecule has 0 unspecified atom stereocenters. The van der Waals surface area contributed by atoms with Crippen molar-refractivity contribution in [1.82, 2.24) is 4.57 Å². The van der Waals surface area contributed by atoms with Crippen molar-refractivity contribution in [3.05, 3.63) is 60.3 Å². The second kappa shape index (κ2) is 8.32. The Labute approximate surface area is 179 Å². The van der Waals surface area contributed by atoms with Gasteiger partial charge in [0.1, 0.15) is 10.6 Å². The van der Waals surface area contributed by atoms with E-state index in [0.717, 1.165) is 17.0 Å². The highest BCUT2D eigenvalue weighted by molar-refractivity contribution is 7.92. The maximum Gasteiger partial charge on any atom is 0.263 e. The molecule has 0 saturated carbocycles. The second-order valence-corrected chi connectivity index (χ2v) is 8.70. The third-order valence-corrected chi connectivity index (χ3v) is 6.34. The van der Waals surface area contributed by atoms with Crippen LogP contribution in [-0.4, -0.2) is 43.8 Å². The number of hydrogen-bond donors (Lipinski definition) is 4. The van der Waals surface area contributed by atoms with Crippen molar-refractivity contribution in [2.75, 3.05) is 29.8 Å². The van der Waals surface area contributed by atoms with Gasteiger partial charge >= 0.3 is 0 Å². The lowest BCUT2D eigenvalue weighted by Gasteiger charge is -2.16. The molecule has 2 aromatic carbocycles. The Morgan fingerprint density at radius 1 is 1.16 bits per heavy atom. The maximum atomic E-state index is 13.2. The summed E-state index contributed by atoms with van der Waals surface area (Å²) in [4.78, 5) is 11.5. The van der Waals surface area contributed by atoms with Crippen LogP contribution in [0.25, 0.3) is 10.9 Å². The number of ether oxygens (including phenoxy) is 1. The maximum absolute atomic E-state index is 13.2. The number of sulfonamides is 1. The van der Waals surface area contributed by atoms with Gasteiger partial charge in [0, 0.05) is 25.4 Å². The minimum atomic E-state index is -4.11. The molecule has 0 fully saturated rings. The Balaban J connectivity index is 1.82. The fourth-order valence-electron chi connectivity index (χ4n) is 3.41. The number of nitrogens with zero attached hydrogens (tertiary/aromatic N) is 1. The molecule has 1 amide bonds. The standard InChI is InChI=1S/C21H22N4O5S/c22-21(27)16-12-20-17(13-19(16)26)23-6-10-30-9-2-1-7-25-8-5-14-3-4-15(11-18(14)25)24-31(20,28)29/h1-5,8,11-13,23-24,26H,6-7,9-10H2,(H2,22,27)/b2-1+. The highest BCUT2D eigenvalue weighted by Gasteiger charge is 2.23. The van der Waals surface area contributed by atoms with Crippen LogP contribution in [0.2, 0.25) is 0 Å². The van der Waals surface area contributed by atoms with Gasteiger partial charge in [0.15, 0.2) is 0 Å². The smallest absolute Gasteiger partial charge is 0.263 e. The van der Waals surface area contributed by atoms with Gasteiger partial charge in [0.2, 0.25) is 0 Å². The SMILES string of the molecule is NC(=O)c1cc2c(cc1O)NCCOC/C=C/Cn1ccc3ccc(cc31)NS2(=O)=O. The van der Waals surface area contributed by atoms with E-state index in [-0.39, 0.29) is 16.1 Å². The number of amides is 1. The first-order chi connectivity index (χ1) is 14.8. The molecule has 2 bridgehead atoms. The number of benzene rings is 2. The Hall–Kier alpha value is -3.50. The molecular weight excluding hydrogens is 420 g/mol. The highest BCUT2D eigenvalue weighted by Crippen LogP contribution is 2.31. The third kappa shape index (κ3) is 4.35. The van der Waals surface area contributed by atoms with Crippen molar-refractivity contribution in [3.63, 3.8) is 0 Å². The van der Waals surface area contributed by atoms with Crippen LogP contribution in [0.3, 0.4) is 0 Å². The fraction of sp³-hybridized carbons (Fsp3) is 0.190. The average Bonchev–Trinajstić information content (AvgIpc) is 3.10. The molecule has 4 rings (SSSR count). The minimum absolute atomic E-state index is 0.130. The minimum Gasteiger partial charge on any atom is -0.507 e. The number of anilines is 2. The molecule has 0 aliphatic carbocycles. The summed E-state index contributed by atoms with van der Waals surface area (Å²) in [5, 5.41) is 14.0. The fourth-order valence-corrected chi connectivity index (χ4v) is 4.65.